The van der Waals surface area contributed by atoms with Gasteiger partial charge >= 0.3 is 0 Å². The largest absolute Gasteiger partial charge is 0.397 e. The third-order valence-corrected chi connectivity index (χ3v) is 3.36. The van der Waals surface area contributed by atoms with Crippen LogP contribution in [0.25, 0.3) is 0 Å². The van der Waals surface area contributed by atoms with Gasteiger partial charge in [-0.2, -0.15) is 0 Å². The Balaban J connectivity index is 2.01. The van der Waals surface area contributed by atoms with Crippen molar-refractivity contribution in [3.63, 3.8) is 0 Å². The van der Waals surface area contributed by atoms with Crippen LogP contribution < -0.4 is 11.1 Å². The monoisotopic (exact) mass is 266 g/mol. The molecule has 0 aliphatic rings. The molecule has 3 N–H and O–H groups in total. The molecule has 0 heterocycles. The standard InChI is InChI=1S/C16H27FN2/c1-2-3-4-5-6-7-8-9-12-19-16-11-10-14(17)13-15(16)18/h10-11,13,19H,2-9,12,18H2,1H3. The Morgan fingerprint density at radius 1 is 1.00 bits per heavy atom. The van der Waals surface area contributed by atoms with Crippen LogP contribution in [-0.2, 0) is 0 Å². The van der Waals surface area contributed by atoms with E-state index in [0.717, 1.165) is 18.7 Å². The minimum Gasteiger partial charge on any atom is -0.397 e. The highest BCUT2D eigenvalue weighted by molar-refractivity contribution is 5.65. The molecule has 0 bridgehead atoms. The van der Waals surface area contributed by atoms with E-state index < -0.39 is 0 Å². The van der Waals surface area contributed by atoms with E-state index in [0.29, 0.717) is 5.69 Å². The minimum absolute atomic E-state index is 0.282. The zero-order chi connectivity index (χ0) is 13.9. The second kappa shape index (κ2) is 9.65. The van der Waals surface area contributed by atoms with Crippen LogP contribution in [0.1, 0.15) is 58.3 Å². The van der Waals surface area contributed by atoms with Crippen molar-refractivity contribution >= 4 is 11.4 Å². The summed E-state index contributed by atoms with van der Waals surface area (Å²) in [7, 11) is 0. The molecule has 0 atom stereocenters. The van der Waals surface area contributed by atoms with Gasteiger partial charge in [-0.3, -0.25) is 0 Å². The van der Waals surface area contributed by atoms with Gasteiger partial charge in [-0.25, -0.2) is 4.39 Å². The number of nitrogens with one attached hydrogen (secondary N) is 1. The van der Waals surface area contributed by atoms with Crippen molar-refractivity contribution in [3.8, 4) is 0 Å². The Morgan fingerprint density at radius 3 is 2.26 bits per heavy atom. The molecule has 0 aliphatic carbocycles. The van der Waals surface area contributed by atoms with Crippen molar-refractivity contribution in [3.05, 3.63) is 24.0 Å². The van der Waals surface area contributed by atoms with Gasteiger partial charge in [-0.05, 0) is 24.6 Å². The predicted octanol–water partition coefficient (Wildman–Crippen LogP) is 4.96. The zero-order valence-electron chi connectivity index (χ0n) is 12.1. The number of rotatable bonds is 10. The Labute approximate surface area is 116 Å². The summed E-state index contributed by atoms with van der Waals surface area (Å²) in [4.78, 5) is 0. The molecule has 19 heavy (non-hydrogen) atoms. The molecule has 0 saturated heterocycles. The summed E-state index contributed by atoms with van der Waals surface area (Å²) in [6, 6.07) is 4.50. The molecule has 0 aromatic heterocycles. The van der Waals surface area contributed by atoms with Crippen molar-refractivity contribution in [2.75, 3.05) is 17.6 Å². The maximum absolute atomic E-state index is 12.9. The Morgan fingerprint density at radius 2 is 1.63 bits per heavy atom. The van der Waals surface area contributed by atoms with E-state index >= 15 is 0 Å². The van der Waals surface area contributed by atoms with E-state index in [1.807, 2.05) is 0 Å². The summed E-state index contributed by atoms with van der Waals surface area (Å²) in [5, 5.41) is 3.26. The molecule has 0 saturated carbocycles. The van der Waals surface area contributed by atoms with Crippen molar-refractivity contribution in [1.29, 1.82) is 0 Å². The fraction of sp³-hybridized carbons (Fsp3) is 0.625. The highest BCUT2D eigenvalue weighted by Crippen LogP contribution is 2.19. The Hall–Kier alpha value is -1.25. The fourth-order valence-electron chi connectivity index (χ4n) is 2.18. The number of hydrogen-bond acceptors (Lipinski definition) is 2. The lowest BCUT2D eigenvalue weighted by molar-refractivity contribution is 0.581. The van der Waals surface area contributed by atoms with E-state index in [9.17, 15) is 4.39 Å². The molecule has 1 aromatic rings. The van der Waals surface area contributed by atoms with E-state index in [1.165, 1.54) is 57.1 Å². The van der Waals surface area contributed by atoms with Gasteiger partial charge in [0, 0.05) is 6.54 Å². The quantitative estimate of drug-likeness (QED) is 0.464. The van der Waals surface area contributed by atoms with Gasteiger partial charge in [0.05, 0.1) is 11.4 Å². The van der Waals surface area contributed by atoms with Gasteiger partial charge < -0.3 is 11.1 Å². The first kappa shape index (κ1) is 15.8. The van der Waals surface area contributed by atoms with Crippen LogP contribution in [0.15, 0.2) is 18.2 Å². The number of nitrogens with two attached hydrogens (primary N) is 1. The normalized spacial score (nSPS) is 10.6. The lowest BCUT2D eigenvalue weighted by Gasteiger charge is -2.09. The van der Waals surface area contributed by atoms with E-state index in [4.69, 9.17) is 5.73 Å². The maximum atomic E-state index is 12.9. The third-order valence-electron chi connectivity index (χ3n) is 3.36. The highest BCUT2D eigenvalue weighted by atomic mass is 19.1. The first-order valence-electron chi connectivity index (χ1n) is 7.53. The summed E-state index contributed by atoms with van der Waals surface area (Å²) < 4.78 is 12.9. The van der Waals surface area contributed by atoms with Gasteiger partial charge in [-0.1, -0.05) is 51.9 Å². The smallest absolute Gasteiger partial charge is 0.125 e. The molecule has 0 fully saturated rings. The molecule has 2 nitrogen and oxygen atoms in total. The first-order valence-corrected chi connectivity index (χ1v) is 7.53. The van der Waals surface area contributed by atoms with Gasteiger partial charge in [-0.15, -0.1) is 0 Å². The summed E-state index contributed by atoms with van der Waals surface area (Å²) in [6.45, 7) is 3.15. The average molecular weight is 266 g/mol. The van der Waals surface area contributed by atoms with Crippen LogP contribution in [0, 0.1) is 5.82 Å². The van der Waals surface area contributed by atoms with Crippen LogP contribution in [0.4, 0.5) is 15.8 Å². The van der Waals surface area contributed by atoms with E-state index in [-0.39, 0.29) is 5.82 Å². The second-order valence-corrected chi connectivity index (χ2v) is 5.13. The predicted molar refractivity (Wildman–Crippen MR) is 81.9 cm³/mol. The molecule has 1 aromatic carbocycles. The van der Waals surface area contributed by atoms with Gasteiger partial charge in [0.2, 0.25) is 0 Å². The van der Waals surface area contributed by atoms with Crippen LogP contribution in [-0.4, -0.2) is 6.54 Å². The third kappa shape index (κ3) is 7.04. The number of hydrogen-bond donors (Lipinski definition) is 2. The molecule has 0 unspecified atom stereocenters. The van der Waals surface area contributed by atoms with Crippen molar-refractivity contribution in [1.82, 2.24) is 0 Å². The molecule has 0 aliphatic heterocycles. The zero-order valence-corrected chi connectivity index (χ0v) is 12.1. The molecule has 108 valence electrons. The maximum Gasteiger partial charge on any atom is 0.125 e. The number of anilines is 2. The molecular formula is C16H27FN2. The molecule has 0 spiro atoms. The molecule has 0 amide bonds. The summed E-state index contributed by atoms with van der Waals surface area (Å²) in [5.74, 6) is -0.282. The average Bonchev–Trinajstić information content (AvgIpc) is 2.39. The molecular weight excluding hydrogens is 239 g/mol. The van der Waals surface area contributed by atoms with Gasteiger partial charge in [0.15, 0.2) is 0 Å². The lowest BCUT2D eigenvalue weighted by atomic mass is 10.1. The van der Waals surface area contributed by atoms with Crippen LogP contribution in [0.5, 0.6) is 0 Å². The van der Waals surface area contributed by atoms with Crippen LogP contribution >= 0.6 is 0 Å². The highest BCUT2D eigenvalue weighted by Gasteiger charge is 1.99. The summed E-state index contributed by atoms with van der Waals surface area (Å²) in [5.41, 5.74) is 7.05. The number of unbranched alkanes of at least 4 members (excludes halogenated alkanes) is 7. The first-order chi connectivity index (χ1) is 9.24. The SMILES string of the molecule is CCCCCCCCCCNc1ccc(F)cc1N. The van der Waals surface area contributed by atoms with Crippen molar-refractivity contribution in [2.45, 2.75) is 58.3 Å². The Bertz CT molecular complexity index is 353. The second-order valence-electron chi connectivity index (χ2n) is 5.13. The van der Waals surface area contributed by atoms with Crippen molar-refractivity contribution < 1.29 is 4.39 Å². The topological polar surface area (TPSA) is 38.0 Å². The van der Waals surface area contributed by atoms with Gasteiger partial charge in [0.1, 0.15) is 5.82 Å². The number of nitrogen functional groups attached to an aromatic ring is 1. The summed E-state index contributed by atoms with van der Waals surface area (Å²) >= 11 is 0. The van der Waals surface area contributed by atoms with Crippen molar-refractivity contribution in [2.24, 2.45) is 0 Å². The molecule has 0 radical (unpaired) electrons. The number of benzene rings is 1. The number of halogens is 1. The van der Waals surface area contributed by atoms with Crippen LogP contribution in [0.3, 0.4) is 0 Å². The molecule has 3 heteroatoms. The van der Waals surface area contributed by atoms with E-state index in [2.05, 4.69) is 12.2 Å². The fourth-order valence-corrected chi connectivity index (χ4v) is 2.18. The summed E-state index contributed by atoms with van der Waals surface area (Å²) in [6.07, 6.45) is 10.5. The van der Waals surface area contributed by atoms with Gasteiger partial charge in [0.25, 0.3) is 0 Å². The minimum atomic E-state index is -0.282. The van der Waals surface area contributed by atoms with E-state index in [1.54, 1.807) is 6.07 Å². The molecule has 1 rings (SSSR count). The lowest BCUT2D eigenvalue weighted by Crippen LogP contribution is -2.04. The van der Waals surface area contributed by atoms with Crippen LogP contribution in [0.2, 0.25) is 0 Å². The Kier molecular flexibility index (Phi) is 8.03.